The Balaban J connectivity index is 1.57. The third-order valence-electron chi connectivity index (χ3n) is 4.88. The van der Waals surface area contributed by atoms with E-state index in [9.17, 15) is 22.8 Å². The van der Waals surface area contributed by atoms with Crippen LogP contribution in [0.2, 0.25) is 0 Å². The number of hydrogen-bond acceptors (Lipinski definition) is 5. The first kappa shape index (κ1) is 18.2. The van der Waals surface area contributed by atoms with E-state index in [4.69, 9.17) is 0 Å². The molecule has 0 aliphatic carbocycles. The van der Waals surface area contributed by atoms with E-state index in [1.54, 1.807) is 25.1 Å². The van der Waals surface area contributed by atoms with Gasteiger partial charge in [-0.1, -0.05) is 0 Å². The Labute approximate surface area is 161 Å². The maximum Gasteiger partial charge on any atom is 0.261 e. The number of anilines is 3. The van der Waals surface area contributed by atoms with Crippen LogP contribution >= 0.6 is 0 Å². The van der Waals surface area contributed by atoms with Crippen molar-refractivity contribution in [1.29, 1.82) is 0 Å². The third kappa shape index (κ3) is 3.03. The first-order valence-corrected chi connectivity index (χ1v) is 10.2. The molecule has 0 radical (unpaired) electrons. The maximum absolute atomic E-state index is 12.7. The normalized spacial score (nSPS) is 19.0. The second-order valence-corrected chi connectivity index (χ2v) is 8.42. The van der Waals surface area contributed by atoms with Crippen LogP contribution in [0.4, 0.5) is 17.1 Å². The van der Waals surface area contributed by atoms with E-state index >= 15 is 0 Å². The number of benzene rings is 2. The van der Waals surface area contributed by atoms with Gasteiger partial charge in [0.1, 0.15) is 0 Å². The molecule has 1 atom stereocenters. The Morgan fingerprint density at radius 2 is 1.64 bits per heavy atom. The minimum absolute atomic E-state index is 0.00177. The van der Waals surface area contributed by atoms with Gasteiger partial charge in [0.2, 0.25) is 17.7 Å². The van der Waals surface area contributed by atoms with E-state index in [2.05, 4.69) is 10.0 Å². The van der Waals surface area contributed by atoms with Gasteiger partial charge in [0.25, 0.3) is 10.0 Å². The number of nitrogens with one attached hydrogen (secondary N) is 2. The van der Waals surface area contributed by atoms with Gasteiger partial charge in [-0.05, 0) is 55.0 Å². The summed E-state index contributed by atoms with van der Waals surface area (Å²) in [5.41, 5.74) is 2.09. The maximum atomic E-state index is 12.7. The highest BCUT2D eigenvalue weighted by molar-refractivity contribution is 7.92. The van der Waals surface area contributed by atoms with Crippen LogP contribution in [0, 0.1) is 0 Å². The van der Waals surface area contributed by atoms with Crippen molar-refractivity contribution in [2.75, 3.05) is 14.9 Å². The van der Waals surface area contributed by atoms with Crippen molar-refractivity contribution < 1.29 is 22.8 Å². The molecule has 8 nitrogen and oxygen atoms in total. The number of hydrogen-bond donors (Lipinski definition) is 2. The van der Waals surface area contributed by atoms with Crippen molar-refractivity contribution in [2.24, 2.45) is 0 Å². The van der Waals surface area contributed by atoms with Crippen LogP contribution in [-0.2, 0) is 24.4 Å². The average Bonchev–Trinajstić information content (AvgIpc) is 3.14. The lowest BCUT2D eigenvalue weighted by Gasteiger charge is -2.15. The zero-order chi connectivity index (χ0) is 20.1. The Bertz CT molecular complexity index is 1090. The topological polar surface area (TPSA) is 113 Å². The smallest absolute Gasteiger partial charge is 0.261 e. The highest BCUT2D eigenvalue weighted by Crippen LogP contribution is 2.34. The van der Waals surface area contributed by atoms with Gasteiger partial charge >= 0.3 is 0 Å². The average molecular weight is 399 g/mol. The standard InChI is InChI=1S/C19H17N3O5S/c1-11-15-10-12(2-7-16(15)20-19(11)25)21-28(26,27)14-5-3-13(4-6-14)22-17(23)8-9-18(22)24/h2-7,10-11,21H,8-9H2,1H3,(H,20,25). The van der Waals surface area contributed by atoms with Crippen LogP contribution in [0.3, 0.4) is 0 Å². The number of imide groups is 1. The molecule has 2 aliphatic heterocycles. The summed E-state index contributed by atoms with van der Waals surface area (Å²) in [6.07, 6.45) is 0.323. The van der Waals surface area contributed by atoms with Crippen LogP contribution < -0.4 is 14.9 Å². The summed E-state index contributed by atoms with van der Waals surface area (Å²) in [6, 6.07) is 10.4. The number of rotatable bonds is 4. The molecule has 0 bridgehead atoms. The molecule has 0 aromatic heterocycles. The molecule has 1 saturated heterocycles. The molecule has 1 unspecified atom stereocenters. The molecule has 2 aliphatic rings. The molecule has 28 heavy (non-hydrogen) atoms. The van der Waals surface area contributed by atoms with Gasteiger partial charge in [-0.25, -0.2) is 8.42 Å². The number of carbonyl (C=O) groups is 3. The Morgan fingerprint density at radius 3 is 2.29 bits per heavy atom. The molecule has 2 N–H and O–H groups in total. The predicted molar refractivity (Wildman–Crippen MR) is 102 cm³/mol. The number of sulfonamides is 1. The number of carbonyl (C=O) groups excluding carboxylic acids is 3. The highest BCUT2D eigenvalue weighted by atomic mass is 32.2. The number of amides is 3. The van der Waals surface area contributed by atoms with Crippen molar-refractivity contribution >= 4 is 44.8 Å². The fourth-order valence-corrected chi connectivity index (χ4v) is 4.38. The van der Waals surface area contributed by atoms with Gasteiger partial charge in [0, 0.05) is 24.2 Å². The molecular weight excluding hydrogens is 382 g/mol. The molecule has 144 valence electrons. The number of nitrogens with zero attached hydrogens (tertiary/aromatic N) is 1. The largest absolute Gasteiger partial charge is 0.325 e. The van der Waals surface area contributed by atoms with Crippen LogP contribution in [0.25, 0.3) is 0 Å². The molecule has 4 rings (SSSR count). The number of fused-ring (bicyclic) bond motifs is 1. The van der Waals surface area contributed by atoms with E-state index in [1.807, 2.05) is 0 Å². The molecule has 0 spiro atoms. The minimum atomic E-state index is -3.87. The molecule has 9 heteroatoms. The molecule has 2 aromatic rings. The quantitative estimate of drug-likeness (QED) is 0.766. The molecular formula is C19H17N3O5S. The van der Waals surface area contributed by atoms with Crippen molar-refractivity contribution in [2.45, 2.75) is 30.6 Å². The predicted octanol–water partition coefficient (Wildman–Crippen LogP) is 2.20. The van der Waals surface area contributed by atoms with E-state index in [1.165, 1.54) is 24.3 Å². The summed E-state index contributed by atoms with van der Waals surface area (Å²) in [7, 11) is -3.87. The van der Waals surface area contributed by atoms with Gasteiger partial charge in [0.15, 0.2) is 0 Å². The van der Waals surface area contributed by atoms with Gasteiger partial charge < -0.3 is 5.32 Å². The summed E-state index contributed by atoms with van der Waals surface area (Å²) in [4.78, 5) is 36.4. The second-order valence-electron chi connectivity index (χ2n) is 6.74. The van der Waals surface area contributed by atoms with Crippen LogP contribution in [0.15, 0.2) is 47.4 Å². The van der Waals surface area contributed by atoms with Crippen molar-refractivity contribution in [3.05, 3.63) is 48.0 Å². The molecule has 1 fully saturated rings. The van der Waals surface area contributed by atoms with Gasteiger partial charge in [-0.3, -0.25) is 24.0 Å². The summed E-state index contributed by atoms with van der Waals surface area (Å²) >= 11 is 0. The van der Waals surface area contributed by atoms with Crippen molar-refractivity contribution in [3.8, 4) is 0 Å². The van der Waals surface area contributed by atoms with E-state index < -0.39 is 10.0 Å². The van der Waals surface area contributed by atoms with Crippen molar-refractivity contribution in [3.63, 3.8) is 0 Å². The van der Waals surface area contributed by atoms with E-state index in [0.29, 0.717) is 17.1 Å². The monoisotopic (exact) mass is 399 g/mol. The first-order valence-electron chi connectivity index (χ1n) is 8.70. The zero-order valence-electron chi connectivity index (χ0n) is 14.9. The minimum Gasteiger partial charge on any atom is -0.325 e. The van der Waals surface area contributed by atoms with Crippen molar-refractivity contribution in [1.82, 2.24) is 0 Å². The summed E-state index contributed by atoms with van der Waals surface area (Å²) in [5.74, 6) is -1.07. The van der Waals surface area contributed by atoms with Crippen LogP contribution in [-0.4, -0.2) is 26.1 Å². The van der Waals surface area contributed by atoms with E-state index in [-0.39, 0.29) is 41.4 Å². The highest BCUT2D eigenvalue weighted by Gasteiger charge is 2.30. The third-order valence-corrected chi connectivity index (χ3v) is 6.28. The fourth-order valence-electron chi connectivity index (χ4n) is 3.33. The molecule has 2 aromatic carbocycles. The lowest BCUT2D eigenvalue weighted by molar-refractivity contribution is -0.121. The summed E-state index contributed by atoms with van der Waals surface area (Å²) < 4.78 is 27.8. The molecule has 3 amide bonds. The Hall–Kier alpha value is -3.20. The summed E-state index contributed by atoms with van der Waals surface area (Å²) in [6.45, 7) is 1.75. The zero-order valence-corrected chi connectivity index (χ0v) is 15.7. The Kier molecular flexibility index (Phi) is 4.19. The summed E-state index contributed by atoms with van der Waals surface area (Å²) in [5, 5.41) is 2.73. The lowest BCUT2D eigenvalue weighted by Crippen LogP contribution is -2.28. The van der Waals surface area contributed by atoms with Gasteiger partial charge in [-0.15, -0.1) is 0 Å². The van der Waals surface area contributed by atoms with Gasteiger partial charge in [0.05, 0.1) is 16.5 Å². The fraction of sp³-hybridized carbons (Fsp3) is 0.211. The molecule has 0 saturated carbocycles. The Morgan fingerprint density at radius 1 is 1.00 bits per heavy atom. The first-order chi connectivity index (χ1) is 13.3. The van der Waals surface area contributed by atoms with Gasteiger partial charge in [-0.2, -0.15) is 0 Å². The SMILES string of the molecule is CC1C(=O)Nc2ccc(NS(=O)(=O)c3ccc(N4C(=O)CCC4=O)cc3)cc21. The van der Waals surface area contributed by atoms with Crippen LogP contribution in [0.1, 0.15) is 31.2 Å². The second kappa shape index (κ2) is 6.45. The van der Waals surface area contributed by atoms with E-state index in [0.717, 1.165) is 10.5 Å². The van der Waals surface area contributed by atoms with Crippen LogP contribution in [0.5, 0.6) is 0 Å². The molecule has 2 heterocycles. The lowest BCUT2D eigenvalue weighted by atomic mass is 10.0.